The summed E-state index contributed by atoms with van der Waals surface area (Å²) >= 11 is 1.55. The number of hydrogen-bond acceptors (Lipinski definition) is 6. The molecule has 0 bridgehead atoms. The summed E-state index contributed by atoms with van der Waals surface area (Å²) in [6.45, 7) is 6.59. The number of amides is 3. The standard InChI is InChI=1S/C35H46N4O4S/c1-24(23-35(2,3)36)19-32(41)37(4)30(21-25-12-13-26-9-6-7-10-27(26)20-25)33(42)38(5)31(22-29-11-8-18-44-29)34(43)39-16-14-28(40)15-17-39/h6-13,18-20,28,30-31,40H,14-17,21-23,36H2,1-5H3/t30-,31?/m1/s1. The average Bonchev–Trinajstić information content (AvgIpc) is 3.50. The van der Waals surface area contributed by atoms with Crippen molar-refractivity contribution in [3.05, 3.63) is 82.1 Å². The minimum absolute atomic E-state index is 0.138. The van der Waals surface area contributed by atoms with Crippen LogP contribution in [0.25, 0.3) is 10.8 Å². The minimum atomic E-state index is -0.842. The van der Waals surface area contributed by atoms with Crippen LogP contribution in [-0.2, 0) is 27.2 Å². The van der Waals surface area contributed by atoms with E-state index >= 15 is 0 Å². The Labute approximate surface area is 265 Å². The van der Waals surface area contributed by atoms with Gasteiger partial charge in [0, 0.05) is 56.5 Å². The third kappa shape index (κ3) is 8.77. The van der Waals surface area contributed by atoms with E-state index in [0.29, 0.717) is 45.2 Å². The first-order valence-electron chi connectivity index (χ1n) is 15.3. The Kier molecular flexibility index (Phi) is 11.0. The molecule has 1 saturated heterocycles. The van der Waals surface area contributed by atoms with Gasteiger partial charge in [-0.15, -0.1) is 11.3 Å². The van der Waals surface area contributed by atoms with Gasteiger partial charge in [-0.3, -0.25) is 14.4 Å². The highest BCUT2D eigenvalue weighted by Gasteiger charge is 2.37. The molecule has 0 radical (unpaired) electrons. The molecule has 4 rings (SSSR count). The van der Waals surface area contributed by atoms with Crippen LogP contribution in [-0.4, -0.2) is 88.4 Å². The fraction of sp³-hybridized carbons (Fsp3) is 0.457. The van der Waals surface area contributed by atoms with E-state index in [1.54, 1.807) is 36.4 Å². The van der Waals surface area contributed by atoms with Crippen molar-refractivity contribution in [3.63, 3.8) is 0 Å². The maximum atomic E-state index is 14.5. The molecule has 1 fully saturated rings. The molecule has 3 N–H and O–H groups in total. The zero-order valence-corrected chi connectivity index (χ0v) is 27.3. The van der Waals surface area contributed by atoms with Gasteiger partial charge in [0.1, 0.15) is 12.1 Å². The van der Waals surface area contributed by atoms with Crippen LogP contribution in [0.4, 0.5) is 0 Å². The van der Waals surface area contributed by atoms with Crippen LogP contribution in [0.2, 0.25) is 0 Å². The molecule has 44 heavy (non-hydrogen) atoms. The Balaban J connectivity index is 1.66. The number of carbonyl (C=O) groups is 3. The molecule has 0 saturated carbocycles. The number of rotatable bonds is 11. The number of nitrogens with two attached hydrogens (primary N) is 1. The van der Waals surface area contributed by atoms with Gasteiger partial charge < -0.3 is 25.5 Å². The number of hydrogen-bond donors (Lipinski definition) is 2. The molecule has 1 aliphatic heterocycles. The van der Waals surface area contributed by atoms with Gasteiger partial charge in [-0.25, -0.2) is 0 Å². The Morgan fingerprint density at radius 1 is 1.00 bits per heavy atom. The van der Waals surface area contributed by atoms with E-state index in [9.17, 15) is 19.5 Å². The molecule has 2 aromatic carbocycles. The molecule has 1 unspecified atom stereocenters. The highest BCUT2D eigenvalue weighted by atomic mass is 32.1. The lowest BCUT2D eigenvalue weighted by Crippen LogP contribution is -2.57. The summed E-state index contributed by atoms with van der Waals surface area (Å²) in [5.41, 5.74) is 7.47. The zero-order chi connectivity index (χ0) is 32.0. The third-order valence-electron chi connectivity index (χ3n) is 8.30. The molecular weight excluding hydrogens is 572 g/mol. The molecule has 1 aliphatic rings. The number of fused-ring (bicyclic) bond motifs is 1. The number of likely N-dealkylation sites (N-methyl/N-ethyl adjacent to an activating group) is 2. The predicted octanol–water partition coefficient (Wildman–Crippen LogP) is 4.40. The van der Waals surface area contributed by atoms with E-state index in [1.165, 1.54) is 9.80 Å². The largest absolute Gasteiger partial charge is 0.393 e. The summed E-state index contributed by atoms with van der Waals surface area (Å²) < 4.78 is 0. The second-order valence-electron chi connectivity index (χ2n) is 12.8. The molecule has 3 aromatic rings. The summed E-state index contributed by atoms with van der Waals surface area (Å²) in [6.07, 6.45) is 3.39. The lowest BCUT2D eigenvalue weighted by atomic mass is 9.96. The van der Waals surface area contributed by atoms with E-state index in [1.807, 2.05) is 74.7 Å². The van der Waals surface area contributed by atoms with Crippen LogP contribution in [0.3, 0.4) is 0 Å². The fourth-order valence-electron chi connectivity index (χ4n) is 5.91. The van der Waals surface area contributed by atoms with Crippen LogP contribution in [0.5, 0.6) is 0 Å². The first kappa shape index (κ1) is 33.4. The number of likely N-dealkylation sites (tertiary alicyclic amines) is 1. The summed E-state index contributed by atoms with van der Waals surface area (Å²) in [5.74, 6) is -0.725. The summed E-state index contributed by atoms with van der Waals surface area (Å²) in [4.78, 5) is 47.8. The van der Waals surface area contributed by atoms with Crippen molar-refractivity contribution in [2.24, 2.45) is 5.73 Å². The van der Waals surface area contributed by atoms with E-state index < -0.39 is 23.7 Å². The predicted molar refractivity (Wildman–Crippen MR) is 177 cm³/mol. The maximum Gasteiger partial charge on any atom is 0.246 e. The van der Waals surface area contributed by atoms with Gasteiger partial charge >= 0.3 is 0 Å². The molecular formula is C35H46N4O4S. The van der Waals surface area contributed by atoms with E-state index in [0.717, 1.165) is 26.8 Å². The monoisotopic (exact) mass is 618 g/mol. The number of piperidine rings is 1. The van der Waals surface area contributed by atoms with Gasteiger partial charge in [0.25, 0.3) is 0 Å². The Bertz CT molecular complexity index is 1470. The van der Waals surface area contributed by atoms with Crippen molar-refractivity contribution in [2.45, 2.75) is 76.6 Å². The van der Waals surface area contributed by atoms with Crippen LogP contribution in [0.1, 0.15) is 50.5 Å². The normalized spacial score (nSPS) is 16.1. The lowest BCUT2D eigenvalue weighted by molar-refractivity contribution is -0.150. The third-order valence-corrected chi connectivity index (χ3v) is 9.20. The molecule has 9 heteroatoms. The van der Waals surface area contributed by atoms with Gasteiger partial charge in [0.2, 0.25) is 17.7 Å². The molecule has 8 nitrogen and oxygen atoms in total. The Morgan fingerprint density at radius 2 is 1.68 bits per heavy atom. The molecule has 3 amide bonds. The van der Waals surface area contributed by atoms with Crippen molar-refractivity contribution in [1.82, 2.24) is 14.7 Å². The van der Waals surface area contributed by atoms with Crippen molar-refractivity contribution in [2.75, 3.05) is 27.2 Å². The Hall–Kier alpha value is -3.53. The fourth-order valence-corrected chi connectivity index (χ4v) is 6.65. The molecule has 0 spiro atoms. The quantitative estimate of drug-likeness (QED) is 0.310. The average molecular weight is 619 g/mol. The first-order chi connectivity index (χ1) is 20.8. The first-order valence-corrected chi connectivity index (χ1v) is 16.2. The molecule has 236 valence electrons. The SMILES string of the molecule is CC(=CC(=O)N(C)[C@H](Cc1ccc2ccccc2c1)C(=O)N(C)C(Cc1cccs1)C(=O)N1CCC(O)CC1)CC(C)(C)N. The van der Waals surface area contributed by atoms with Gasteiger partial charge in [0.05, 0.1) is 6.10 Å². The highest BCUT2D eigenvalue weighted by Crippen LogP contribution is 2.23. The smallest absolute Gasteiger partial charge is 0.246 e. The van der Waals surface area contributed by atoms with E-state index in [4.69, 9.17) is 5.73 Å². The molecule has 2 atom stereocenters. The lowest BCUT2D eigenvalue weighted by Gasteiger charge is -2.38. The van der Waals surface area contributed by atoms with E-state index in [-0.39, 0.29) is 17.7 Å². The van der Waals surface area contributed by atoms with Gasteiger partial charge in [-0.2, -0.15) is 0 Å². The van der Waals surface area contributed by atoms with Crippen LogP contribution in [0.15, 0.2) is 71.6 Å². The van der Waals surface area contributed by atoms with Crippen molar-refractivity contribution in [1.29, 1.82) is 0 Å². The summed E-state index contributed by atoms with van der Waals surface area (Å²) in [5, 5.41) is 14.1. The second kappa shape index (κ2) is 14.5. The molecule has 2 heterocycles. The van der Waals surface area contributed by atoms with Crippen molar-refractivity contribution >= 4 is 39.8 Å². The van der Waals surface area contributed by atoms with Crippen LogP contribution >= 0.6 is 11.3 Å². The second-order valence-corrected chi connectivity index (χ2v) is 13.8. The summed E-state index contributed by atoms with van der Waals surface area (Å²) in [7, 11) is 3.32. The number of thiophene rings is 1. The highest BCUT2D eigenvalue weighted by molar-refractivity contribution is 7.09. The molecule has 1 aromatic heterocycles. The number of nitrogens with zero attached hydrogens (tertiary/aromatic N) is 3. The number of aliphatic hydroxyl groups is 1. The van der Waals surface area contributed by atoms with Crippen LogP contribution in [0, 0.1) is 0 Å². The summed E-state index contributed by atoms with van der Waals surface area (Å²) in [6, 6.07) is 16.4. The molecule has 0 aliphatic carbocycles. The number of aliphatic hydroxyl groups excluding tert-OH is 1. The topological polar surface area (TPSA) is 107 Å². The number of carbonyl (C=O) groups excluding carboxylic acids is 3. The van der Waals surface area contributed by atoms with Gasteiger partial charge in [-0.1, -0.05) is 54.1 Å². The number of benzene rings is 2. The maximum absolute atomic E-state index is 14.5. The van der Waals surface area contributed by atoms with Gasteiger partial charge in [-0.05, 0) is 67.8 Å². The zero-order valence-electron chi connectivity index (χ0n) is 26.5. The Morgan fingerprint density at radius 3 is 2.32 bits per heavy atom. The van der Waals surface area contributed by atoms with Crippen molar-refractivity contribution in [3.8, 4) is 0 Å². The van der Waals surface area contributed by atoms with Crippen LogP contribution < -0.4 is 5.73 Å². The van der Waals surface area contributed by atoms with E-state index in [2.05, 4.69) is 6.07 Å². The minimum Gasteiger partial charge on any atom is -0.393 e. The van der Waals surface area contributed by atoms with Crippen molar-refractivity contribution < 1.29 is 19.5 Å². The van der Waals surface area contributed by atoms with Gasteiger partial charge in [0.15, 0.2) is 0 Å².